The second-order valence-electron chi connectivity index (χ2n) is 6.46. The number of carbonyl (C=O) groups excluding carboxylic acids is 3. The smallest absolute Gasteiger partial charge is 0.242 e. The van der Waals surface area contributed by atoms with Crippen LogP contribution in [0, 0.1) is 0 Å². The Hall–Kier alpha value is -3.19. The maximum absolute atomic E-state index is 12.8. The van der Waals surface area contributed by atoms with Crippen molar-refractivity contribution in [1.29, 1.82) is 0 Å². The first-order chi connectivity index (χ1) is 14.0. The highest BCUT2D eigenvalue weighted by atomic mass is 32.2. The van der Waals surface area contributed by atoms with Gasteiger partial charge < -0.3 is 5.32 Å². The summed E-state index contributed by atoms with van der Waals surface area (Å²) in [6.45, 7) is 5.52. The number of rotatable bonds is 7. The van der Waals surface area contributed by atoms with Gasteiger partial charge in [-0.25, -0.2) is 4.99 Å². The van der Waals surface area contributed by atoms with Crippen molar-refractivity contribution in [3.05, 3.63) is 72.8 Å². The maximum atomic E-state index is 12.8. The number of anilines is 1. The molecule has 1 N–H and O–H groups in total. The third-order valence-corrected chi connectivity index (χ3v) is 5.43. The molecule has 0 aromatic heterocycles. The van der Waals surface area contributed by atoms with Crippen LogP contribution in [0.1, 0.15) is 23.7 Å². The Morgan fingerprint density at radius 2 is 1.86 bits per heavy atom. The molecule has 2 aromatic carbocycles. The molecule has 6 nitrogen and oxygen atoms in total. The van der Waals surface area contributed by atoms with E-state index in [1.807, 2.05) is 30.3 Å². The summed E-state index contributed by atoms with van der Waals surface area (Å²) >= 11 is 1.28. The highest BCUT2D eigenvalue weighted by Crippen LogP contribution is 2.31. The lowest BCUT2D eigenvalue weighted by Crippen LogP contribution is -2.33. The molecule has 2 aromatic rings. The monoisotopic (exact) mass is 407 g/mol. The number of nitrogens with zero attached hydrogens (tertiary/aromatic N) is 2. The lowest BCUT2D eigenvalue weighted by atomic mass is 10.1. The number of thioether (sulfide) groups is 1. The van der Waals surface area contributed by atoms with Gasteiger partial charge in [-0.1, -0.05) is 36.0 Å². The zero-order valence-corrected chi connectivity index (χ0v) is 16.8. The summed E-state index contributed by atoms with van der Waals surface area (Å²) in [4.78, 5) is 42.6. The molecular formula is C22H21N3O3S. The fraction of sp³-hybridized carbons (Fsp3) is 0.182. The Morgan fingerprint density at radius 3 is 2.48 bits per heavy atom. The van der Waals surface area contributed by atoms with Crippen LogP contribution < -0.4 is 5.32 Å². The number of hydrogen-bond acceptors (Lipinski definition) is 5. The molecule has 0 aliphatic carbocycles. The van der Waals surface area contributed by atoms with Gasteiger partial charge in [0.25, 0.3) is 0 Å². The van der Waals surface area contributed by atoms with Crippen molar-refractivity contribution in [1.82, 2.24) is 4.90 Å². The summed E-state index contributed by atoms with van der Waals surface area (Å²) in [5, 5.41) is 2.79. The Kier molecular flexibility index (Phi) is 6.61. The number of Topliss-reactive ketones (excluding diaryl/α,β-unsaturated/α-hetero) is 1. The molecule has 0 spiro atoms. The molecule has 0 saturated carbocycles. The van der Waals surface area contributed by atoms with Crippen LogP contribution in [-0.2, 0) is 9.59 Å². The van der Waals surface area contributed by atoms with E-state index in [1.54, 1.807) is 35.2 Å². The number of carbonyl (C=O) groups is 3. The van der Waals surface area contributed by atoms with Crippen LogP contribution in [0.5, 0.6) is 0 Å². The van der Waals surface area contributed by atoms with Crippen molar-refractivity contribution in [2.75, 3.05) is 11.9 Å². The molecule has 1 aliphatic rings. The van der Waals surface area contributed by atoms with Gasteiger partial charge in [0.05, 0.1) is 5.69 Å². The fourth-order valence-electron chi connectivity index (χ4n) is 2.80. The molecule has 148 valence electrons. The van der Waals surface area contributed by atoms with E-state index >= 15 is 0 Å². The van der Waals surface area contributed by atoms with Gasteiger partial charge >= 0.3 is 0 Å². The van der Waals surface area contributed by atoms with Crippen LogP contribution in [0.3, 0.4) is 0 Å². The van der Waals surface area contributed by atoms with Crippen molar-refractivity contribution in [3.8, 4) is 0 Å². The van der Waals surface area contributed by atoms with Crippen LogP contribution in [0.4, 0.5) is 11.4 Å². The minimum atomic E-state index is -0.547. The van der Waals surface area contributed by atoms with E-state index in [-0.39, 0.29) is 24.0 Å². The minimum Gasteiger partial charge on any atom is -0.326 e. The van der Waals surface area contributed by atoms with Gasteiger partial charge in [-0.15, -0.1) is 6.58 Å². The van der Waals surface area contributed by atoms with Crippen molar-refractivity contribution in [3.63, 3.8) is 0 Å². The molecule has 1 unspecified atom stereocenters. The van der Waals surface area contributed by atoms with Crippen LogP contribution in [0.25, 0.3) is 0 Å². The number of para-hydroxylation sites is 1. The van der Waals surface area contributed by atoms with Gasteiger partial charge in [0.15, 0.2) is 11.0 Å². The summed E-state index contributed by atoms with van der Waals surface area (Å²) in [7, 11) is 0. The van der Waals surface area contributed by atoms with Crippen molar-refractivity contribution in [2.45, 2.75) is 18.6 Å². The lowest BCUT2D eigenvalue weighted by Gasteiger charge is -2.13. The third kappa shape index (κ3) is 5.20. The molecule has 0 bridgehead atoms. The third-order valence-electron chi connectivity index (χ3n) is 4.26. The highest BCUT2D eigenvalue weighted by Gasteiger charge is 2.38. The number of amides is 2. The predicted octanol–water partition coefficient (Wildman–Crippen LogP) is 4.04. The number of nitrogens with one attached hydrogen (secondary N) is 1. The maximum Gasteiger partial charge on any atom is 0.242 e. The van der Waals surface area contributed by atoms with E-state index in [9.17, 15) is 14.4 Å². The highest BCUT2D eigenvalue weighted by molar-refractivity contribution is 8.15. The van der Waals surface area contributed by atoms with Gasteiger partial charge in [0, 0.05) is 24.2 Å². The number of aliphatic imine (C=N–C) groups is 1. The fourth-order valence-corrected chi connectivity index (χ4v) is 3.97. The van der Waals surface area contributed by atoms with Crippen LogP contribution >= 0.6 is 11.8 Å². The molecule has 2 amide bonds. The quantitative estimate of drug-likeness (QED) is 0.555. The second-order valence-corrected chi connectivity index (χ2v) is 7.63. The zero-order valence-electron chi connectivity index (χ0n) is 16.0. The van der Waals surface area contributed by atoms with Crippen molar-refractivity contribution in [2.24, 2.45) is 4.99 Å². The van der Waals surface area contributed by atoms with E-state index in [2.05, 4.69) is 16.9 Å². The summed E-state index contributed by atoms with van der Waals surface area (Å²) in [6.07, 6.45) is 1.66. The molecule has 1 atom stereocenters. The van der Waals surface area contributed by atoms with Crippen LogP contribution in [-0.4, -0.2) is 39.5 Å². The molecule has 1 saturated heterocycles. The second kappa shape index (κ2) is 9.34. The van der Waals surface area contributed by atoms with Gasteiger partial charge in [-0.3, -0.25) is 19.3 Å². The van der Waals surface area contributed by atoms with E-state index in [4.69, 9.17) is 0 Å². The Bertz CT molecular complexity index is 955. The lowest BCUT2D eigenvalue weighted by molar-refractivity contribution is -0.127. The number of amidine groups is 1. The summed E-state index contributed by atoms with van der Waals surface area (Å²) < 4.78 is 0. The number of ketones is 1. The van der Waals surface area contributed by atoms with E-state index in [0.717, 1.165) is 5.69 Å². The van der Waals surface area contributed by atoms with E-state index < -0.39 is 5.25 Å². The first-order valence-electron chi connectivity index (χ1n) is 9.11. The standard InChI is InChI=1S/C22H21N3O3S/c1-3-13-25-21(28)19(29-22(25)24-17-7-5-4-6-8-17)14-20(27)23-18-11-9-16(10-12-18)15(2)26/h3-12,19H,1,13-14H2,2H3,(H,23,27). The molecule has 1 aliphatic heterocycles. The molecular weight excluding hydrogens is 386 g/mol. The minimum absolute atomic E-state index is 0.0272. The van der Waals surface area contributed by atoms with Gasteiger partial charge in [-0.2, -0.15) is 0 Å². The number of benzene rings is 2. The Labute approximate surface area is 173 Å². The summed E-state index contributed by atoms with van der Waals surface area (Å²) in [5.41, 5.74) is 1.90. The average molecular weight is 407 g/mol. The molecule has 3 rings (SSSR count). The van der Waals surface area contributed by atoms with E-state index in [0.29, 0.717) is 23.0 Å². The topological polar surface area (TPSA) is 78.8 Å². The summed E-state index contributed by atoms with van der Waals surface area (Å²) in [6, 6.07) is 16.0. The first kappa shape index (κ1) is 20.5. The first-order valence-corrected chi connectivity index (χ1v) is 9.99. The van der Waals surface area contributed by atoms with Crippen LogP contribution in [0.15, 0.2) is 72.2 Å². The summed E-state index contributed by atoms with van der Waals surface area (Å²) in [5.74, 6) is -0.471. The van der Waals surface area contributed by atoms with Gasteiger partial charge in [0.1, 0.15) is 5.25 Å². The van der Waals surface area contributed by atoms with Crippen molar-refractivity contribution < 1.29 is 14.4 Å². The molecule has 29 heavy (non-hydrogen) atoms. The molecule has 0 radical (unpaired) electrons. The predicted molar refractivity (Wildman–Crippen MR) is 117 cm³/mol. The zero-order chi connectivity index (χ0) is 20.8. The SMILES string of the molecule is C=CCN1C(=O)C(CC(=O)Nc2ccc(C(C)=O)cc2)SC1=Nc1ccccc1. The van der Waals surface area contributed by atoms with Crippen LogP contribution in [0.2, 0.25) is 0 Å². The molecule has 1 heterocycles. The van der Waals surface area contributed by atoms with E-state index in [1.165, 1.54) is 18.7 Å². The Morgan fingerprint density at radius 1 is 1.17 bits per heavy atom. The Balaban J connectivity index is 1.69. The number of hydrogen-bond donors (Lipinski definition) is 1. The molecule has 1 fully saturated rings. The van der Waals surface area contributed by atoms with Crippen molar-refractivity contribution >= 4 is 45.9 Å². The molecule has 7 heteroatoms. The normalized spacial score (nSPS) is 17.4. The van der Waals surface area contributed by atoms with Gasteiger partial charge in [-0.05, 0) is 43.3 Å². The van der Waals surface area contributed by atoms with Gasteiger partial charge in [0.2, 0.25) is 11.8 Å². The largest absolute Gasteiger partial charge is 0.326 e. The average Bonchev–Trinajstić information content (AvgIpc) is 2.98.